The van der Waals surface area contributed by atoms with E-state index in [-0.39, 0.29) is 5.75 Å². The molecule has 0 amide bonds. The maximum atomic E-state index is 11.4. The fourth-order valence-electron chi connectivity index (χ4n) is 1.22. The average molecular weight is 192 g/mol. The third kappa shape index (κ3) is 1.12. The fourth-order valence-corrected chi connectivity index (χ4v) is 2.83. The topological polar surface area (TPSA) is 60.4 Å². The lowest BCUT2D eigenvalue weighted by atomic mass is 10.4. The quantitative estimate of drug-likeness (QED) is 0.596. The summed E-state index contributed by atoms with van der Waals surface area (Å²) in [6, 6.07) is 0. The van der Waals surface area contributed by atoms with Crippen LogP contribution in [0.3, 0.4) is 0 Å². The number of hydrogen-bond donors (Lipinski definition) is 0. The van der Waals surface area contributed by atoms with Gasteiger partial charge in [0.05, 0.1) is 7.11 Å². The number of carbonyl (C=O) groups excluding carboxylic acids is 1. The van der Waals surface area contributed by atoms with Crippen LogP contribution in [0.5, 0.6) is 0 Å². The van der Waals surface area contributed by atoms with Gasteiger partial charge < -0.3 is 4.74 Å². The summed E-state index contributed by atoms with van der Waals surface area (Å²) in [5.74, 6) is -0.605. The Morgan fingerprint density at radius 1 is 1.50 bits per heavy atom. The van der Waals surface area contributed by atoms with Crippen LogP contribution in [0.15, 0.2) is 0 Å². The number of rotatable bonds is 3. The number of esters is 1. The molecule has 0 aliphatic heterocycles. The van der Waals surface area contributed by atoms with E-state index in [1.54, 1.807) is 6.92 Å². The van der Waals surface area contributed by atoms with Gasteiger partial charge >= 0.3 is 5.97 Å². The van der Waals surface area contributed by atoms with Gasteiger partial charge in [0.2, 0.25) is 0 Å². The SMILES string of the molecule is CCS(=O)(=O)C1(C(=O)OC)CC1. The van der Waals surface area contributed by atoms with E-state index in [2.05, 4.69) is 4.74 Å². The molecule has 0 aromatic carbocycles. The molecule has 0 unspecified atom stereocenters. The first-order valence-corrected chi connectivity index (χ1v) is 5.46. The van der Waals surface area contributed by atoms with E-state index in [1.165, 1.54) is 7.11 Å². The first-order valence-electron chi connectivity index (χ1n) is 3.81. The smallest absolute Gasteiger partial charge is 0.327 e. The zero-order chi connectivity index (χ0) is 9.41. The molecule has 12 heavy (non-hydrogen) atoms. The average Bonchev–Trinajstić information content (AvgIpc) is 2.83. The van der Waals surface area contributed by atoms with Crippen molar-refractivity contribution >= 4 is 15.8 Å². The Bertz CT molecular complexity index is 287. The Kier molecular flexibility index (Phi) is 2.16. The van der Waals surface area contributed by atoms with Crippen molar-refractivity contribution in [2.45, 2.75) is 24.5 Å². The molecule has 1 fully saturated rings. The second-order valence-electron chi connectivity index (χ2n) is 2.89. The number of carbonyl (C=O) groups is 1. The molecular weight excluding hydrogens is 180 g/mol. The molecule has 1 saturated carbocycles. The first kappa shape index (κ1) is 9.51. The van der Waals surface area contributed by atoms with Crippen LogP contribution >= 0.6 is 0 Å². The van der Waals surface area contributed by atoms with Gasteiger partial charge in [-0.15, -0.1) is 0 Å². The zero-order valence-electron chi connectivity index (χ0n) is 7.16. The summed E-state index contributed by atoms with van der Waals surface area (Å²) in [6.45, 7) is 1.54. The molecule has 0 heterocycles. The third-order valence-electron chi connectivity index (χ3n) is 2.24. The van der Waals surface area contributed by atoms with Crippen molar-refractivity contribution in [3.63, 3.8) is 0 Å². The van der Waals surface area contributed by atoms with Gasteiger partial charge in [-0.2, -0.15) is 0 Å². The van der Waals surface area contributed by atoms with E-state index >= 15 is 0 Å². The van der Waals surface area contributed by atoms with Gasteiger partial charge in [-0.3, -0.25) is 4.79 Å². The van der Waals surface area contributed by atoms with Crippen molar-refractivity contribution in [3.8, 4) is 0 Å². The predicted octanol–water partition coefficient (Wildman–Crippen LogP) is 0.127. The number of hydrogen-bond acceptors (Lipinski definition) is 4. The molecule has 1 aliphatic rings. The minimum absolute atomic E-state index is 0.00208. The molecule has 0 saturated heterocycles. The van der Waals surface area contributed by atoms with Crippen LogP contribution in [-0.4, -0.2) is 32.0 Å². The number of ether oxygens (including phenoxy) is 1. The molecule has 0 atom stereocenters. The van der Waals surface area contributed by atoms with E-state index < -0.39 is 20.6 Å². The van der Waals surface area contributed by atoms with E-state index in [0.29, 0.717) is 12.8 Å². The lowest BCUT2D eigenvalue weighted by molar-refractivity contribution is -0.140. The van der Waals surface area contributed by atoms with Crippen molar-refractivity contribution in [1.29, 1.82) is 0 Å². The maximum absolute atomic E-state index is 11.4. The minimum Gasteiger partial charge on any atom is -0.468 e. The summed E-state index contributed by atoms with van der Waals surface area (Å²) in [5.41, 5.74) is 0. The fraction of sp³-hybridized carbons (Fsp3) is 0.857. The van der Waals surface area contributed by atoms with Crippen LogP contribution in [0.25, 0.3) is 0 Å². The minimum atomic E-state index is -3.27. The van der Waals surface area contributed by atoms with Gasteiger partial charge in [0.15, 0.2) is 14.6 Å². The van der Waals surface area contributed by atoms with Crippen LogP contribution in [-0.2, 0) is 19.4 Å². The van der Waals surface area contributed by atoms with E-state index in [1.807, 2.05) is 0 Å². The second kappa shape index (κ2) is 2.73. The third-order valence-corrected chi connectivity index (χ3v) is 4.76. The Labute approximate surface area is 71.8 Å². The van der Waals surface area contributed by atoms with Crippen LogP contribution in [0.1, 0.15) is 19.8 Å². The molecule has 1 rings (SSSR count). The van der Waals surface area contributed by atoms with E-state index in [0.717, 1.165) is 0 Å². The van der Waals surface area contributed by atoms with E-state index in [4.69, 9.17) is 0 Å². The Morgan fingerprint density at radius 3 is 2.25 bits per heavy atom. The molecule has 70 valence electrons. The van der Waals surface area contributed by atoms with Crippen LogP contribution in [0, 0.1) is 0 Å². The van der Waals surface area contributed by atoms with Gasteiger partial charge in [-0.05, 0) is 12.8 Å². The molecule has 0 radical (unpaired) electrons. The van der Waals surface area contributed by atoms with Gasteiger partial charge in [0.1, 0.15) is 0 Å². The van der Waals surface area contributed by atoms with Crippen LogP contribution in [0.2, 0.25) is 0 Å². The van der Waals surface area contributed by atoms with Gasteiger partial charge in [0, 0.05) is 5.75 Å². The van der Waals surface area contributed by atoms with Crippen molar-refractivity contribution in [1.82, 2.24) is 0 Å². The van der Waals surface area contributed by atoms with Gasteiger partial charge in [-0.25, -0.2) is 8.42 Å². The summed E-state index contributed by atoms with van der Waals surface area (Å²) in [7, 11) is -2.06. The Morgan fingerprint density at radius 2 is 2.00 bits per heavy atom. The number of sulfone groups is 1. The number of methoxy groups -OCH3 is 1. The summed E-state index contributed by atoms with van der Waals surface area (Å²) >= 11 is 0. The highest BCUT2D eigenvalue weighted by atomic mass is 32.2. The van der Waals surface area contributed by atoms with Crippen LogP contribution in [0.4, 0.5) is 0 Å². The summed E-state index contributed by atoms with van der Waals surface area (Å²) in [5, 5.41) is 0. The normalized spacial score (nSPS) is 20.2. The second-order valence-corrected chi connectivity index (χ2v) is 5.48. The molecule has 1 aliphatic carbocycles. The molecule has 0 aromatic rings. The monoisotopic (exact) mass is 192 g/mol. The molecule has 4 nitrogen and oxygen atoms in total. The largest absolute Gasteiger partial charge is 0.468 e. The Balaban J connectivity index is 2.95. The highest BCUT2D eigenvalue weighted by Crippen LogP contribution is 2.44. The predicted molar refractivity (Wildman–Crippen MR) is 43.4 cm³/mol. The van der Waals surface area contributed by atoms with Gasteiger partial charge in [-0.1, -0.05) is 6.92 Å². The van der Waals surface area contributed by atoms with Crippen molar-refractivity contribution in [2.24, 2.45) is 0 Å². The summed E-state index contributed by atoms with van der Waals surface area (Å²) in [6.07, 6.45) is 0.825. The van der Waals surface area contributed by atoms with Crippen molar-refractivity contribution in [2.75, 3.05) is 12.9 Å². The Hall–Kier alpha value is -0.580. The van der Waals surface area contributed by atoms with Crippen LogP contribution < -0.4 is 0 Å². The highest BCUT2D eigenvalue weighted by Gasteiger charge is 2.60. The molecule has 5 heteroatoms. The van der Waals surface area contributed by atoms with Gasteiger partial charge in [0.25, 0.3) is 0 Å². The van der Waals surface area contributed by atoms with E-state index in [9.17, 15) is 13.2 Å². The molecular formula is C7H12O4S. The summed E-state index contributed by atoms with van der Waals surface area (Å²) < 4.78 is 26.0. The molecule has 0 N–H and O–H groups in total. The maximum Gasteiger partial charge on any atom is 0.327 e. The highest BCUT2D eigenvalue weighted by molar-refractivity contribution is 7.93. The molecule has 0 spiro atoms. The molecule has 0 aromatic heterocycles. The first-order chi connectivity index (χ1) is 5.50. The van der Waals surface area contributed by atoms with Crippen molar-refractivity contribution < 1.29 is 17.9 Å². The van der Waals surface area contributed by atoms with Crippen molar-refractivity contribution in [3.05, 3.63) is 0 Å². The zero-order valence-corrected chi connectivity index (χ0v) is 7.98. The summed E-state index contributed by atoms with van der Waals surface area (Å²) in [4.78, 5) is 11.1. The molecule has 0 bridgehead atoms. The lowest BCUT2D eigenvalue weighted by Gasteiger charge is -2.11. The standard InChI is InChI=1S/C7H12O4S/c1-3-12(9,10)7(4-5-7)6(8)11-2/h3-5H2,1-2H3. The lowest BCUT2D eigenvalue weighted by Crippen LogP contribution is -2.34.